The minimum Gasteiger partial charge on any atom is -0.423 e. The minimum atomic E-state index is -0.970. The van der Waals surface area contributed by atoms with Gasteiger partial charge in [-0.3, -0.25) is 0 Å². The molecule has 2 aromatic rings. The predicted octanol–water partition coefficient (Wildman–Crippen LogP) is 4.09. The van der Waals surface area contributed by atoms with E-state index in [1.54, 1.807) is 38.1 Å². The summed E-state index contributed by atoms with van der Waals surface area (Å²) < 4.78 is 5.47. The van der Waals surface area contributed by atoms with Gasteiger partial charge in [0.05, 0.1) is 11.2 Å². The Morgan fingerprint density at radius 2 is 1.86 bits per heavy atom. The summed E-state index contributed by atoms with van der Waals surface area (Å²) >= 11 is 0. The average molecular weight is 298 g/mol. The number of ether oxygens (including phenoxy) is 1. The monoisotopic (exact) mass is 298 g/mol. The molecule has 3 heteroatoms. The zero-order valence-electron chi connectivity index (χ0n) is 13.3. The van der Waals surface area contributed by atoms with Gasteiger partial charge in [0.25, 0.3) is 0 Å². The Morgan fingerprint density at radius 3 is 2.55 bits per heavy atom. The molecule has 0 aliphatic carbocycles. The zero-order chi connectivity index (χ0) is 16.2. The number of hydrogen-bond donors (Lipinski definition) is 1. The fourth-order valence-electron chi connectivity index (χ4n) is 2.31. The lowest BCUT2D eigenvalue weighted by atomic mass is 9.98. The maximum atomic E-state index is 12.4. The molecule has 0 aliphatic rings. The van der Waals surface area contributed by atoms with Crippen molar-refractivity contribution in [1.82, 2.24) is 0 Å². The van der Waals surface area contributed by atoms with Crippen molar-refractivity contribution in [2.75, 3.05) is 0 Å². The van der Waals surface area contributed by atoms with E-state index >= 15 is 0 Å². The van der Waals surface area contributed by atoms with Crippen molar-refractivity contribution in [3.63, 3.8) is 0 Å². The first-order valence-corrected chi connectivity index (χ1v) is 7.55. The van der Waals surface area contributed by atoms with Crippen LogP contribution in [0.2, 0.25) is 0 Å². The summed E-state index contributed by atoms with van der Waals surface area (Å²) in [5.41, 5.74) is 1.33. The number of carbonyl (C=O) groups is 1. The van der Waals surface area contributed by atoms with E-state index in [2.05, 4.69) is 6.92 Å². The quantitative estimate of drug-likeness (QED) is 0.668. The molecule has 0 saturated heterocycles. The van der Waals surface area contributed by atoms with Crippen molar-refractivity contribution in [3.8, 4) is 5.75 Å². The summed E-state index contributed by atoms with van der Waals surface area (Å²) in [5, 5.41) is 10.0. The highest BCUT2D eigenvalue weighted by molar-refractivity contribution is 5.92. The van der Waals surface area contributed by atoms with E-state index in [4.69, 9.17) is 4.74 Å². The first-order chi connectivity index (χ1) is 10.4. The standard InChI is InChI=1S/C19H22O3/c1-4-8-14-9-5-6-12-17(14)18(20)22-16-11-7-10-15(13-16)19(2,3)21/h5-7,9-13,21H,4,8H2,1-3H3. The number of carbonyl (C=O) groups excluding carboxylic acids is 1. The van der Waals surface area contributed by atoms with Gasteiger partial charge >= 0.3 is 5.97 Å². The molecule has 2 aromatic carbocycles. The van der Waals surface area contributed by atoms with Crippen LogP contribution in [0.25, 0.3) is 0 Å². The van der Waals surface area contributed by atoms with Gasteiger partial charge in [0.1, 0.15) is 5.75 Å². The molecule has 0 unspecified atom stereocenters. The minimum absolute atomic E-state index is 0.364. The summed E-state index contributed by atoms with van der Waals surface area (Å²) in [7, 11) is 0. The first kappa shape index (κ1) is 16.2. The third kappa shape index (κ3) is 3.95. The fraction of sp³-hybridized carbons (Fsp3) is 0.316. The van der Waals surface area contributed by atoms with Gasteiger partial charge in [-0.1, -0.05) is 43.7 Å². The van der Waals surface area contributed by atoms with Crippen LogP contribution in [-0.2, 0) is 12.0 Å². The molecular formula is C19H22O3. The van der Waals surface area contributed by atoms with Crippen molar-refractivity contribution in [3.05, 3.63) is 65.2 Å². The largest absolute Gasteiger partial charge is 0.423 e. The SMILES string of the molecule is CCCc1ccccc1C(=O)Oc1cccc(C(C)(C)O)c1. The molecule has 0 atom stereocenters. The number of benzene rings is 2. The molecule has 0 aliphatic heterocycles. The Labute approximate surface area is 131 Å². The Morgan fingerprint density at radius 1 is 1.14 bits per heavy atom. The van der Waals surface area contributed by atoms with Crippen LogP contribution < -0.4 is 4.74 Å². The Balaban J connectivity index is 2.23. The van der Waals surface area contributed by atoms with Gasteiger partial charge in [-0.05, 0) is 49.6 Å². The molecule has 0 fully saturated rings. The van der Waals surface area contributed by atoms with E-state index < -0.39 is 5.60 Å². The topological polar surface area (TPSA) is 46.5 Å². The van der Waals surface area contributed by atoms with Gasteiger partial charge in [0.2, 0.25) is 0 Å². The maximum absolute atomic E-state index is 12.4. The van der Waals surface area contributed by atoms with Crippen LogP contribution in [0.4, 0.5) is 0 Å². The van der Waals surface area contributed by atoms with Crippen molar-refractivity contribution in [1.29, 1.82) is 0 Å². The van der Waals surface area contributed by atoms with Crippen LogP contribution >= 0.6 is 0 Å². The molecule has 0 radical (unpaired) electrons. The summed E-state index contributed by atoms with van der Waals surface area (Å²) in [4.78, 5) is 12.4. The molecule has 116 valence electrons. The molecule has 0 spiro atoms. The average Bonchev–Trinajstić information content (AvgIpc) is 2.47. The predicted molar refractivity (Wildman–Crippen MR) is 87.1 cm³/mol. The van der Waals surface area contributed by atoms with Crippen molar-refractivity contribution >= 4 is 5.97 Å². The number of hydrogen-bond acceptors (Lipinski definition) is 3. The maximum Gasteiger partial charge on any atom is 0.343 e. The molecule has 0 heterocycles. The normalized spacial score (nSPS) is 11.3. The third-order valence-corrected chi connectivity index (χ3v) is 3.51. The van der Waals surface area contributed by atoms with Crippen molar-refractivity contribution < 1.29 is 14.6 Å². The van der Waals surface area contributed by atoms with E-state index in [-0.39, 0.29) is 5.97 Å². The Kier molecular flexibility index (Phi) is 4.99. The lowest BCUT2D eigenvalue weighted by molar-refractivity contribution is 0.0715. The molecule has 22 heavy (non-hydrogen) atoms. The summed E-state index contributed by atoms with van der Waals surface area (Å²) in [6, 6.07) is 14.5. The van der Waals surface area contributed by atoms with Crippen LogP contribution in [-0.4, -0.2) is 11.1 Å². The lowest BCUT2D eigenvalue weighted by Crippen LogP contribution is -2.16. The van der Waals surface area contributed by atoms with Gasteiger partial charge < -0.3 is 9.84 Å². The lowest BCUT2D eigenvalue weighted by Gasteiger charge is -2.18. The molecule has 2 rings (SSSR count). The van der Waals surface area contributed by atoms with Crippen LogP contribution in [0.1, 0.15) is 48.7 Å². The highest BCUT2D eigenvalue weighted by atomic mass is 16.5. The second-order valence-corrected chi connectivity index (χ2v) is 5.88. The number of aliphatic hydroxyl groups is 1. The Hall–Kier alpha value is -2.13. The summed E-state index contributed by atoms with van der Waals surface area (Å²) in [5.74, 6) is 0.0767. The molecule has 1 N–H and O–H groups in total. The summed E-state index contributed by atoms with van der Waals surface area (Å²) in [6.45, 7) is 5.48. The van der Waals surface area contributed by atoms with E-state index in [0.29, 0.717) is 16.9 Å². The van der Waals surface area contributed by atoms with Crippen molar-refractivity contribution in [2.45, 2.75) is 39.2 Å². The second kappa shape index (κ2) is 6.75. The number of esters is 1. The smallest absolute Gasteiger partial charge is 0.343 e. The van der Waals surface area contributed by atoms with Crippen LogP contribution in [0.5, 0.6) is 5.75 Å². The number of rotatable bonds is 5. The number of aryl methyl sites for hydroxylation is 1. The highest BCUT2D eigenvalue weighted by Crippen LogP contribution is 2.24. The van der Waals surface area contributed by atoms with Crippen LogP contribution in [0.15, 0.2) is 48.5 Å². The van der Waals surface area contributed by atoms with E-state index in [9.17, 15) is 9.90 Å². The molecule has 0 bridgehead atoms. The fourth-order valence-corrected chi connectivity index (χ4v) is 2.31. The zero-order valence-corrected chi connectivity index (χ0v) is 13.3. The van der Waals surface area contributed by atoms with E-state index in [1.807, 2.05) is 24.3 Å². The van der Waals surface area contributed by atoms with E-state index in [0.717, 1.165) is 18.4 Å². The Bertz CT molecular complexity index is 654. The molecule has 3 nitrogen and oxygen atoms in total. The van der Waals surface area contributed by atoms with Gasteiger partial charge in [-0.25, -0.2) is 4.79 Å². The molecule has 0 aromatic heterocycles. The van der Waals surface area contributed by atoms with Gasteiger partial charge in [0.15, 0.2) is 0 Å². The second-order valence-electron chi connectivity index (χ2n) is 5.88. The molecular weight excluding hydrogens is 276 g/mol. The third-order valence-electron chi connectivity index (χ3n) is 3.51. The first-order valence-electron chi connectivity index (χ1n) is 7.55. The summed E-state index contributed by atoms with van der Waals surface area (Å²) in [6.07, 6.45) is 1.81. The van der Waals surface area contributed by atoms with Crippen LogP contribution in [0, 0.1) is 0 Å². The van der Waals surface area contributed by atoms with Gasteiger partial charge in [-0.15, -0.1) is 0 Å². The molecule has 0 saturated carbocycles. The van der Waals surface area contributed by atoms with E-state index in [1.165, 1.54) is 0 Å². The van der Waals surface area contributed by atoms with Crippen molar-refractivity contribution in [2.24, 2.45) is 0 Å². The van der Waals surface area contributed by atoms with Crippen LogP contribution in [0.3, 0.4) is 0 Å². The molecule has 0 amide bonds. The van der Waals surface area contributed by atoms with Gasteiger partial charge in [0, 0.05) is 0 Å². The highest BCUT2D eigenvalue weighted by Gasteiger charge is 2.18. The van der Waals surface area contributed by atoms with Gasteiger partial charge in [-0.2, -0.15) is 0 Å².